The average Bonchev–Trinajstić information content (AvgIpc) is 2.96. The van der Waals surface area contributed by atoms with Crippen LogP contribution in [0.25, 0.3) is 11.8 Å². The van der Waals surface area contributed by atoms with Crippen LogP contribution in [0.3, 0.4) is 0 Å². The first kappa shape index (κ1) is 20.4. The molecule has 0 radical (unpaired) electrons. The number of halogens is 1. The number of nitrogens with one attached hydrogen (secondary N) is 1. The van der Waals surface area contributed by atoms with Gasteiger partial charge >= 0.3 is 0 Å². The summed E-state index contributed by atoms with van der Waals surface area (Å²) in [6.07, 6.45) is 1.63. The Kier molecular flexibility index (Phi) is 5.91. The molecule has 1 N–H and O–H groups in total. The van der Waals surface area contributed by atoms with Gasteiger partial charge in [0.25, 0.3) is 5.91 Å². The molecule has 0 bridgehead atoms. The van der Waals surface area contributed by atoms with Crippen molar-refractivity contribution in [3.05, 3.63) is 87.2 Å². The molecule has 3 rings (SSSR count). The van der Waals surface area contributed by atoms with E-state index < -0.39 is 5.91 Å². The fraction of sp³-hybridized carbons (Fsp3) is 0.167. The van der Waals surface area contributed by atoms with Gasteiger partial charge in [-0.3, -0.25) is 4.79 Å². The molecule has 5 heteroatoms. The van der Waals surface area contributed by atoms with Crippen LogP contribution in [0.4, 0.5) is 5.69 Å². The highest BCUT2D eigenvalue weighted by atomic mass is 35.5. The fourth-order valence-electron chi connectivity index (χ4n) is 3.24. The molecule has 146 valence electrons. The molecule has 0 atom stereocenters. The largest absolute Gasteiger partial charge is 0.321 e. The number of nitriles is 1. The summed E-state index contributed by atoms with van der Waals surface area (Å²) in [5.41, 5.74) is 6.70. The highest BCUT2D eigenvalue weighted by Crippen LogP contribution is 2.24. The van der Waals surface area contributed by atoms with E-state index in [1.165, 1.54) is 0 Å². The van der Waals surface area contributed by atoms with Crippen molar-refractivity contribution >= 4 is 29.3 Å². The van der Waals surface area contributed by atoms with Gasteiger partial charge in [0.05, 0.1) is 0 Å². The van der Waals surface area contributed by atoms with E-state index in [-0.39, 0.29) is 5.57 Å². The summed E-state index contributed by atoms with van der Waals surface area (Å²) in [5.74, 6) is -0.424. The summed E-state index contributed by atoms with van der Waals surface area (Å²) in [6.45, 7) is 7.94. The molecule has 3 aromatic rings. The summed E-state index contributed by atoms with van der Waals surface area (Å²) in [7, 11) is 0. The van der Waals surface area contributed by atoms with Crippen molar-refractivity contribution in [2.24, 2.45) is 0 Å². The molecule has 1 heterocycles. The van der Waals surface area contributed by atoms with E-state index in [9.17, 15) is 10.1 Å². The third kappa shape index (κ3) is 4.42. The Morgan fingerprint density at radius 1 is 1.03 bits per heavy atom. The van der Waals surface area contributed by atoms with E-state index in [2.05, 4.69) is 9.88 Å². The SMILES string of the molecule is Cc1ccc(NC(=O)/C(C#N)=C\c2cc(C)n(-c3ccc(Cl)cc3)c2C)cc1C. The van der Waals surface area contributed by atoms with Crippen LogP contribution in [-0.4, -0.2) is 10.5 Å². The number of rotatable bonds is 4. The van der Waals surface area contributed by atoms with Gasteiger partial charge < -0.3 is 9.88 Å². The molecule has 0 aliphatic heterocycles. The van der Waals surface area contributed by atoms with Gasteiger partial charge in [0.15, 0.2) is 0 Å². The van der Waals surface area contributed by atoms with Crippen LogP contribution in [0.1, 0.15) is 28.1 Å². The van der Waals surface area contributed by atoms with Crippen LogP contribution in [0.5, 0.6) is 0 Å². The molecule has 0 saturated heterocycles. The number of carbonyl (C=O) groups is 1. The lowest BCUT2D eigenvalue weighted by atomic mass is 10.1. The van der Waals surface area contributed by atoms with Crippen molar-refractivity contribution in [2.45, 2.75) is 27.7 Å². The highest BCUT2D eigenvalue weighted by Gasteiger charge is 2.14. The second kappa shape index (κ2) is 8.38. The maximum absolute atomic E-state index is 12.6. The standard InChI is InChI=1S/C24H22ClN3O/c1-15-5-8-22(11-16(15)2)27-24(29)20(14-26)13-19-12-17(3)28(18(19)4)23-9-6-21(25)7-10-23/h5-13H,1-4H3,(H,27,29)/b20-13-. The Bertz CT molecular complexity index is 1150. The molecule has 29 heavy (non-hydrogen) atoms. The lowest BCUT2D eigenvalue weighted by molar-refractivity contribution is -0.112. The maximum atomic E-state index is 12.6. The summed E-state index contributed by atoms with van der Waals surface area (Å²) >= 11 is 5.99. The first-order valence-electron chi connectivity index (χ1n) is 9.25. The topological polar surface area (TPSA) is 57.8 Å². The molecule has 4 nitrogen and oxygen atoms in total. The number of carbonyl (C=O) groups excluding carboxylic acids is 1. The van der Waals surface area contributed by atoms with Gasteiger partial charge in [-0.25, -0.2) is 0 Å². The van der Waals surface area contributed by atoms with Gasteiger partial charge in [0.1, 0.15) is 11.6 Å². The van der Waals surface area contributed by atoms with Crippen LogP contribution in [0.15, 0.2) is 54.1 Å². The lowest BCUT2D eigenvalue weighted by Crippen LogP contribution is -2.13. The van der Waals surface area contributed by atoms with E-state index in [1.54, 1.807) is 6.08 Å². The van der Waals surface area contributed by atoms with Crippen molar-refractivity contribution in [2.75, 3.05) is 5.32 Å². The Morgan fingerprint density at radius 2 is 1.72 bits per heavy atom. The molecule has 0 saturated carbocycles. The minimum atomic E-state index is -0.424. The van der Waals surface area contributed by atoms with Gasteiger partial charge in [0.2, 0.25) is 0 Å². The third-order valence-corrected chi connectivity index (χ3v) is 5.24. The van der Waals surface area contributed by atoms with E-state index >= 15 is 0 Å². The second-order valence-electron chi connectivity index (χ2n) is 7.06. The molecule has 0 unspecified atom stereocenters. The minimum absolute atomic E-state index is 0.0552. The Hall–Kier alpha value is -3.29. The zero-order chi connectivity index (χ0) is 21.1. The van der Waals surface area contributed by atoms with E-state index in [1.807, 2.05) is 82.3 Å². The molecule has 1 aromatic heterocycles. The van der Waals surface area contributed by atoms with Crippen LogP contribution in [0.2, 0.25) is 5.02 Å². The van der Waals surface area contributed by atoms with Crippen molar-refractivity contribution in [1.82, 2.24) is 4.57 Å². The van der Waals surface area contributed by atoms with Crippen molar-refractivity contribution in [3.8, 4) is 11.8 Å². The van der Waals surface area contributed by atoms with Crippen LogP contribution in [0, 0.1) is 39.0 Å². The first-order chi connectivity index (χ1) is 13.8. The molecule has 0 spiro atoms. The number of aryl methyl sites for hydroxylation is 3. The highest BCUT2D eigenvalue weighted by molar-refractivity contribution is 6.30. The maximum Gasteiger partial charge on any atom is 0.266 e. The molecule has 0 fully saturated rings. The quantitative estimate of drug-likeness (QED) is 0.434. The number of nitrogens with zero attached hydrogens (tertiary/aromatic N) is 2. The van der Waals surface area contributed by atoms with E-state index in [0.29, 0.717) is 10.7 Å². The van der Waals surface area contributed by atoms with Crippen LogP contribution >= 0.6 is 11.6 Å². The normalized spacial score (nSPS) is 11.2. The first-order valence-corrected chi connectivity index (χ1v) is 9.63. The number of aromatic nitrogens is 1. The Morgan fingerprint density at radius 3 is 2.34 bits per heavy atom. The predicted octanol–water partition coefficient (Wildman–Crippen LogP) is 5.91. The lowest BCUT2D eigenvalue weighted by Gasteiger charge is -2.10. The van der Waals surface area contributed by atoms with E-state index in [0.717, 1.165) is 33.8 Å². The molecule has 0 aliphatic rings. The Balaban J connectivity index is 1.92. The number of hydrogen-bond donors (Lipinski definition) is 1. The van der Waals surface area contributed by atoms with Gasteiger partial charge in [-0.15, -0.1) is 0 Å². The molecule has 1 amide bonds. The molecular formula is C24H22ClN3O. The van der Waals surface area contributed by atoms with E-state index in [4.69, 9.17) is 11.6 Å². The van der Waals surface area contributed by atoms with Crippen LogP contribution in [-0.2, 0) is 4.79 Å². The summed E-state index contributed by atoms with van der Waals surface area (Å²) in [4.78, 5) is 12.6. The van der Waals surface area contributed by atoms with Gasteiger partial charge in [-0.1, -0.05) is 17.7 Å². The molecule has 0 aliphatic carbocycles. The number of amides is 1. The Labute approximate surface area is 176 Å². The van der Waals surface area contributed by atoms with Crippen LogP contribution < -0.4 is 5.32 Å². The monoisotopic (exact) mass is 403 g/mol. The molecule has 2 aromatic carbocycles. The number of anilines is 1. The summed E-state index contributed by atoms with van der Waals surface area (Å²) in [5, 5.41) is 13.0. The van der Waals surface area contributed by atoms with Gasteiger partial charge in [0, 0.05) is 27.8 Å². The summed E-state index contributed by atoms with van der Waals surface area (Å²) in [6, 6.07) is 17.2. The van der Waals surface area contributed by atoms with Gasteiger partial charge in [-0.2, -0.15) is 5.26 Å². The smallest absolute Gasteiger partial charge is 0.266 e. The minimum Gasteiger partial charge on any atom is -0.321 e. The predicted molar refractivity (Wildman–Crippen MR) is 118 cm³/mol. The number of hydrogen-bond acceptors (Lipinski definition) is 2. The average molecular weight is 404 g/mol. The second-order valence-corrected chi connectivity index (χ2v) is 7.50. The van der Waals surface area contributed by atoms with Crippen molar-refractivity contribution in [3.63, 3.8) is 0 Å². The third-order valence-electron chi connectivity index (χ3n) is 4.98. The number of benzene rings is 2. The zero-order valence-corrected chi connectivity index (χ0v) is 17.6. The summed E-state index contributed by atoms with van der Waals surface area (Å²) < 4.78 is 2.07. The fourth-order valence-corrected chi connectivity index (χ4v) is 3.37. The zero-order valence-electron chi connectivity index (χ0n) is 16.9. The van der Waals surface area contributed by atoms with Crippen molar-refractivity contribution in [1.29, 1.82) is 5.26 Å². The van der Waals surface area contributed by atoms with Crippen molar-refractivity contribution < 1.29 is 4.79 Å². The van der Waals surface area contributed by atoms with Gasteiger partial charge in [-0.05, 0) is 92.9 Å². The molecular weight excluding hydrogens is 382 g/mol.